The van der Waals surface area contributed by atoms with Crippen LogP contribution in [0.25, 0.3) is 0 Å². The van der Waals surface area contributed by atoms with Gasteiger partial charge in [0.2, 0.25) is 5.91 Å². The lowest BCUT2D eigenvalue weighted by molar-refractivity contribution is -0.126. The minimum Gasteiger partial charge on any atom is -0.352 e. The van der Waals surface area contributed by atoms with Crippen molar-refractivity contribution in [2.24, 2.45) is 5.92 Å². The molecule has 2 atom stereocenters. The minimum absolute atomic E-state index is 0.0122. The molecule has 2 unspecified atom stereocenters. The van der Waals surface area contributed by atoms with Crippen LogP contribution in [0.1, 0.15) is 19.8 Å². The van der Waals surface area contributed by atoms with Gasteiger partial charge in [-0.15, -0.1) is 0 Å². The maximum absolute atomic E-state index is 11.8. The number of amides is 1. The van der Waals surface area contributed by atoms with Gasteiger partial charge in [0.05, 0.1) is 0 Å². The average molecular weight is 232 g/mol. The molecule has 1 heterocycles. The second-order valence-corrected chi connectivity index (χ2v) is 5.65. The van der Waals surface area contributed by atoms with Crippen LogP contribution in [-0.2, 0) is 15.6 Å². The van der Waals surface area contributed by atoms with Gasteiger partial charge >= 0.3 is 0 Å². The van der Waals surface area contributed by atoms with E-state index >= 15 is 0 Å². The number of rotatable bonds is 4. The number of nitrogens with one attached hydrogen (secondary N) is 2. The predicted molar refractivity (Wildman–Crippen MR) is 62.1 cm³/mol. The summed E-state index contributed by atoms with van der Waals surface area (Å²) >= 11 is 0. The van der Waals surface area contributed by atoms with Crippen LogP contribution in [0.3, 0.4) is 0 Å². The number of carbonyl (C=O) groups is 1. The van der Waals surface area contributed by atoms with Gasteiger partial charge in [-0.1, -0.05) is 0 Å². The molecule has 1 aliphatic heterocycles. The molecule has 0 aromatic heterocycles. The van der Waals surface area contributed by atoms with Gasteiger partial charge in [-0.25, -0.2) is 0 Å². The topological polar surface area (TPSA) is 58.2 Å². The molecule has 5 heteroatoms. The zero-order valence-corrected chi connectivity index (χ0v) is 10.2. The van der Waals surface area contributed by atoms with E-state index in [9.17, 15) is 9.00 Å². The van der Waals surface area contributed by atoms with Gasteiger partial charge in [-0.05, 0) is 32.9 Å². The van der Waals surface area contributed by atoms with Gasteiger partial charge in [-0.2, -0.15) is 0 Å². The van der Waals surface area contributed by atoms with Crippen molar-refractivity contribution < 1.29 is 9.00 Å². The summed E-state index contributed by atoms with van der Waals surface area (Å²) < 4.78 is 11.0. The van der Waals surface area contributed by atoms with E-state index in [-0.39, 0.29) is 17.9 Å². The third-order valence-electron chi connectivity index (χ3n) is 2.58. The van der Waals surface area contributed by atoms with Crippen molar-refractivity contribution in [2.45, 2.75) is 25.8 Å². The van der Waals surface area contributed by atoms with E-state index in [0.29, 0.717) is 5.75 Å². The first-order valence-corrected chi connectivity index (χ1v) is 7.13. The molecule has 1 aliphatic rings. The van der Waals surface area contributed by atoms with Crippen LogP contribution in [0.5, 0.6) is 0 Å². The summed E-state index contributed by atoms with van der Waals surface area (Å²) in [5, 5.41) is 6.15. The molecule has 1 fully saturated rings. The molecule has 4 nitrogen and oxygen atoms in total. The van der Waals surface area contributed by atoms with Gasteiger partial charge in [0.25, 0.3) is 0 Å². The second kappa shape index (κ2) is 6.23. The normalized spacial score (nSPS) is 22.0. The third-order valence-corrected chi connectivity index (χ3v) is 3.55. The van der Waals surface area contributed by atoms with Crippen LogP contribution < -0.4 is 10.6 Å². The lowest BCUT2D eigenvalue weighted by Gasteiger charge is -2.23. The summed E-state index contributed by atoms with van der Waals surface area (Å²) in [6.07, 6.45) is 3.48. The Morgan fingerprint density at radius 3 is 2.67 bits per heavy atom. The van der Waals surface area contributed by atoms with Crippen molar-refractivity contribution in [3.05, 3.63) is 0 Å². The highest BCUT2D eigenvalue weighted by Crippen LogP contribution is 2.11. The molecule has 15 heavy (non-hydrogen) atoms. The number of carbonyl (C=O) groups excluding carboxylic acids is 1. The number of hydrogen-bond acceptors (Lipinski definition) is 3. The molecule has 1 amide bonds. The van der Waals surface area contributed by atoms with Crippen molar-refractivity contribution in [2.75, 3.05) is 25.1 Å². The fourth-order valence-electron chi connectivity index (χ4n) is 1.84. The smallest absolute Gasteiger partial charge is 0.223 e. The summed E-state index contributed by atoms with van der Waals surface area (Å²) in [4.78, 5) is 11.8. The van der Waals surface area contributed by atoms with Crippen molar-refractivity contribution in [1.82, 2.24) is 10.6 Å². The molecule has 0 aromatic rings. The van der Waals surface area contributed by atoms with E-state index < -0.39 is 10.8 Å². The Kier molecular flexibility index (Phi) is 5.25. The molecular weight excluding hydrogens is 212 g/mol. The van der Waals surface area contributed by atoms with Crippen LogP contribution in [0.2, 0.25) is 0 Å². The van der Waals surface area contributed by atoms with Crippen LogP contribution in [-0.4, -0.2) is 41.3 Å². The van der Waals surface area contributed by atoms with E-state index in [1.165, 1.54) is 0 Å². The zero-order chi connectivity index (χ0) is 11.3. The summed E-state index contributed by atoms with van der Waals surface area (Å²) in [5.41, 5.74) is 0. The molecule has 1 saturated heterocycles. The van der Waals surface area contributed by atoms with Gasteiger partial charge in [0.15, 0.2) is 0 Å². The van der Waals surface area contributed by atoms with Crippen molar-refractivity contribution >= 4 is 16.7 Å². The Labute approximate surface area is 93.7 Å². The molecule has 2 N–H and O–H groups in total. The molecule has 0 saturated carbocycles. The van der Waals surface area contributed by atoms with E-state index in [4.69, 9.17) is 0 Å². The van der Waals surface area contributed by atoms with E-state index in [2.05, 4.69) is 10.6 Å². The van der Waals surface area contributed by atoms with Gasteiger partial charge in [0, 0.05) is 34.8 Å². The van der Waals surface area contributed by atoms with E-state index in [1.54, 1.807) is 6.26 Å². The van der Waals surface area contributed by atoms with Crippen LogP contribution >= 0.6 is 0 Å². The highest BCUT2D eigenvalue weighted by Gasteiger charge is 2.21. The fraction of sp³-hybridized carbons (Fsp3) is 0.900. The molecule has 0 radical (unpaired) electrons. The van der Waals surface area contributed by atoms with E-state index in [1.807, 2.05) is 6.92 Å². The fourth-order valence-corrected chi connectivity index (χ4v) is 2.63. The minimum atomic E-state index is -0.844. The molecule has 0 bridgehead atoms. The molecular formula is C10H20N2O2S. The quantitative estimate of drug-likeness (QED) is 0.710. The van der Waals surface area contributed by atoms with Crippen molar-refractivity contribution in [3.8, 4) is 0 Å². The summed E-state index contributed by atoms with van der Waals surface area (Å²) in [7, 11) is -0.844. The van der Waals surface area contributed by atoms with Crippen LogP contribution in [0, 0.1) is 5.92 Å². The Morgan fingerprint density at radius 1 is 1.53 bits per heavy atom. The third kappa shape index (κ3) is 4.75. The Hall–Kier alpha value is -0.420. The highest BCUT2D eigenvalue weighted by molar-refractivity contribution is 7.84. The summed E-state index contributed by atoms with van der Waals surface area (Å²) in [6.45, 7) is 3.75. The molecule has 0 aliphatic carbocycles. The van der Waals surface area contributed by atoms with Gasteiger partial charge < -0.3 is 10.6 Å². The SMILES string of the molecule is CC(CS(C)=O)NC(=O)C1CCNCC1. The Bertz CT molecular complexity index is 240. The maximum Gasteiger partial charge on any atom is 0.223 e. The molecule has 88 valence electrons. The van der Waals surface area contributed by atoms with E-state index in [0.717, 1.165) is 25.9 Å². The summed E-state index contributed by atoms with van der Waals surface area (Å²) in [6, 6.07) is 0.0122. The first-order valence-electron chi connectivity index (χ1n) is 5.40. The standard InChI is InChI=1S/C10H20N2O2S/c1-8(7-15(2)14)12-10(13)9-3-5-11-6-4-9/h8-9,11H,3-7H2,1-2H3,(H,12,13). The second-order valence-electron chi connectivity index (χ2n) is 4.17. The lowest BCUT2D eigenvalue weighted by atomic mass is 9.97. The average Bonchev–Trinajstić information content (AvgIpc) is 2.17. The molecule has 0 spiro atoms. The highest BCUT2D eigenvalue weighted by atomic mass is 32.2. The Balaban J connectivity index is 2.30. The van der Waals surface area contributed by atoms with Crippen molar-refractivity contribution in [3.63, 3.8) is 0 Å². The van der Waals surface area contributed by atoms with Crippen LogP contribution in [0.15, 0.2) is 0 Å². The predicted octanol–water partition coefficient (Wildman–Crippen LogP) is -0.131. The zero-order valence-electron chi connectivity index (χ0n) is 9.41. The first-order chi connectivity index (χ1) is 7.09. The first kappa shape index (κ1) is 12.6. The van der Waals surface area contributed by atoms with Gasteiger partial charge in [0.1, 0.15) is 0 Å². The van der Waals surface area contributed by atoms with Crippen LogP contribution in [0.4, 0.5) is 0 Å². The molecule has 0 aromatic carbocycles. The van der Waals surface area contributed by atoms with Gasteiger partial charge in [-0.3, -0.25) is 9.00 Å². The molecule has 1 rings (SSSR count). The Morgan fingerprint density at radius 2 is 2.13 bits per heavy atom. The maximum atomic E-state index is 11.8. The number of piperidine rings is 1. The lowest BCUT2D eigenvalue weighted by Crippen LogP contribution is -2.43. The largest absolute Gasteiger partial charge is 0.352 e. The monoisotopic (exact) mass is 232 g/mol. The van der Waals surface area contributed by atoms with Crippen molar-refractivity contribution in [1.29, 1.82) is 0 Å². The number of hydrogen-bond donors (Lipinski definition) is 2. The summed E-state index contributed by atoms with van der Waals surface area (Å²) in [5.74, 6) is 0.796.